The molecular formula is C75H53NS. The van der Waals surface area contributed by atoms with Crippen molar-refractivity contribution in [3.8, 4) is 44.5 Å². The van der Waals surface area contributed by atoms with Crippen molar-refractivity contribution in [2.75, 3.05) is 4.90 Å². The van der Waals surface area contributed by atoms with Gasteiger partial charge in [0.25, 0.3) is 0 Å². The zero-order valence-corrected chi connectivity index (χ0v) is 43.5. The summed E-state index contributed by atoms with van der Waals surface area (Å²) in [6.07, 6.45) is 4.74. The van der Waals surface area contributed by atoms with Crippen molar-refractivity contribution in [2.24, 2.45) is 0 Å². The molecule has 1 spiro atoms. The maximum atomic E-state index is 2.60. The van der Waals surface area contributed by atoms with Crippen LogP contribution >= 0.6 is 11.3 Å². The van der Waals surface area contributed by atoms with E-state index in [0.29, 0.717) is 0 Å². The van der Waals surface area contributed by atoms with E-state index in [1.54, 1.807) is 0 Å². The van der Waals surface area contributed by atoms with Crippen LogP contribution in [0.3, 0.4) is 0 Å². The first-order chi connectivity index (χ1) is 38.1. The molecule has 0 atom stereocenters. The van der Waals surface area contributed by atoms with Crippen LogP contribution in [-0.2, 0) is 16.2 Å². The second kappa shape index (κ2) is 17.1. The molecular weight excluding hydrogens is 947 g/mol. The monoisotopic (exact) mass is 999 g/mol. The molecule has 0 radical (unpaired) electrons. The van der Waals surface area contributed by atoms with Gasteiger partial charge in [-0.25, -0.2) is 0 Å². The van der Waals surface area contributed by atoms with Crippen LogP contribution in [0.2, 0.25) is 0 Å². The van der Waals surface area contributed by atoms with Gasteiger partial charge in [0.05, 0.1) is 10.8 Å². The molecule has 0 aliphatic heterocycles. The Hall–Kier alpha value is -8.82. The molecule has 0 unspecified atom stereocenters. The van der Waals surface area contributed by atoms with Crippen molar-refractivity contribution in [1.82, 2.24) is 0 Å². The Morgan fingerprint density at radius 3 is 1.31 bits per heavy atom. The van der Waals surface area contributed by atoms with Gasteiger partial charge >= 0.3 is 0 Å². The molecule has 11 aromatic carbocycles. The molecule has 0 N–H and O–H groups in total. The van der Waals surface area contributed by atoms with E-state index in [1.807, 2.05) is 11.3 Å². The van der Waals surface area contributed by atoms with Gasteiger partial charge in [-0.2, -0.15) is 0 Å². The molecule has 1 nitrogen and oxygen atoms in total. The fourth-order valence-electron chi connectivity index (χ4n) is 15.1. The van der Waals surface area contributed by atoms with Crippen LogP contribution in [0.5, 0.6) is 0 Å². The van der Waals surface area contributed by atoms with Crippen molar-refractivity contribution >= 4 is 38.5 Å². The quantitative estimate of drug-likeness (QED) is 0.147. The van der Waals surface area contributed by atoms with E-state index in [4.69, 9.17) is 0 Å². The number of hydrogen-bond donors (Lipinski definition) is 0. The fraction of sp³-hybridized carbons (Fsp3) is 0.0933. The minimum atomic E-state index is -0.545. The molecule has 364 valence electrons. The van der Waals surface area contributed by atoms with E-state index in [2.05, 4.69) is 277 Å². The highest BCUT2D eigenvalue weighted by atomic mass is 32.1. The first kappa shape index (κ1) is 44.5. The second-order valence-corrected chi connectivity index (χ2v) is 22.8. The van der Waals surface area contributed by atoms with Gasteiger partial charge in [-0.3, -0.25) is 0 Å². The van der Waals surface area contributed by atoms with Gasteiger partial charge in [0.2, 0.25) is 0 Å². The average Bonchev–Trinajstić information content (AvgIpc) is 4.48. The largest absolute Gasteiger partial charge is 0.310 e. The summed E-state index contributed by atoms with van der Waals surface area (Å²) in [5, 5.41) is 3.52. The lowest BCUT2D eigenvalue weighted by Crippen LogP contribution is -2.29. The molecule has 4 aliphatic carbocycles. The molecule has 1 fully saturated rings. The molecule has 12 aromatic rings. The van der Waals surface area contributed by atoms with Gasteiger partial charge in [-0.15, -0.1) is 11.3 Å². The Labute approximate surface area is 455 Å². The van der Waals surface area contributed by atoms with E-state index in [9.17, 15) is 0 Å². The van der Waals surface area contributed by atoms with E-state index < -0.39 is 10.8 Å². The highest BCUT2D eigenvalue weighted by molar-refractivity contribution is 7.17. The molecule has 16 rings (SSSR count). The summed E-state index contributed by atoms with van der Waals surface area (Å²) in [5.74, 6) is 0. The number of rotatable bonds is 8. The van der Waals surface area contributed by atoms with Gasteiger partial charge < -0.3 is 4.90 Å². The summed E-state index contributed by atoms with van der Waals surface area (Å²) in [4.78, 5) is 2.59. The molecule has 1 saturated carbocycles. The number of thiophene rings is 1. The van der Waals surface area contributed by atoms with Crippen LogP contribution in [0.1, 0.15) is 81.3 Å². The van der Waals surface area contributed by atoms with Crippen molar-refractivity contribution in [3.05, 3.63) is 328 Å². The summed E-state index contributed by atoms with van der Waals surface area (Å²) in [6.45, 7) is 0. The van der Waals surface area contributed by atoms with Crippen molar-refractivity contribution in [1.29, 1.82) is 0 Å². The van der Waals surface area contributed by atoms with Gasteiger partial charge in [-0.1, -0.05) is 219 Å². The smallest absolute Gasteiger partial charge is 0.0714 e. The minimum Gasteiger partial charge on any atom is -0.310 e. The van der Waals surface area contributed by atoms with Crippen LogP contribution in [0, 0.1) is 0 Å². The molecule has 77 heavy (non-hydrogen) atoms. The number of hydrogen-bond acceptors (Lipinski definition) is 2. The standard InChI is InChI=1S/C75H53NS/c1-5-19-53(20-6-1)74(54-21-7-2-8-22-54)67-30-16-14-28-61(67)65-47-57(35-39-68(65)74)76(59-34-38-64-60-27-13-15-29-66(60)75(71(64)49-59,55-23-9-3-10-24-55)56-25-11-4-12-26-56)58-33-37-63-62-36-31-51(50-32-40-72-52(45-50)41-44-77-72)46-69(62)73(70(63)48-58)42-17-18-43-73/h1-16,19-41,44-49H,17-18,42-43H2. The minimum absolute atomic E-state index is 0.0635. The predicted molar refractivity (Wildman–Crippen MR) is 321 cm³/mol. The summed E-state index contributed by atoms with van der Waals surface area (Å²) in [5.41, 5.74) is 26.1. The van der Waals surface area contributed by atoms with E-state index in [0.717, 1.165) is 24.2 Å². The van der Waals surface area contributed by atoms with Crippen molar-refractivity contribution in [2.45, 2.75) is 41.9 Å². The third-order valence-corrected chi connectivity index (χ3v) is 19.1. The van der Waals surface area contributed by atoms with Crippen LogP contribution < -0.4 is 4.90 Å². The zero-order valence-electron chi connectivity index (χ0n) is 42.7. The summed E-state index contributed by atoms with van der Waals surface area (Å²) in [7, 11) is 0. The number of nitrogens with zero attached hydrogens (tertiary/aromatic N) is 1. The highest BCUT2D eigenvalue weighted by Crippen LogP contribution is 2.62. The maximum Gasteiger partial charge on any atom is 0.0714 e. The average molecular weight is 1000 g/mol. The Morgan fingerprint density at radius 2 is 0.714 bits per heavy atom. The summed E-state index contributed by atoms with van der Waals surface area (Å²) in [6, 6.07) is 102. The first-order valence-corrected chi connectivity index (χ1v) is 28.3. The van der Waals surface area contributed by atoms with Crippen molar-refractivity contribution in [3.63, 3.8) is 0 Å². The molecule has 1 aromatic heterocycles. The van der Waals surface area contributed by atoms with E-state index in [-0.39, 0.29) is 5.41 Å². The van der Waals surface area contributed by atoms with E-state index in [1.165, 1.54) is 129 Å². The second-order valence-electron chi connectivity index (χ2n) is 21.8. The third kappa shape index (κ3) is 6.28. The van der Waals surface area contributed by atoms with Crippen molar-refractivity contribution < 1.29 is 0 Å². The van der Waals surface area contributed by atoms with Gasteiger partial charge in [0.1, 0.15) is 0 Å². The molecule has 4 aliphatic rings. The van der Waals surface area contributed by atoms with Crippen LogP contribution in [0.15, 0.2) is 272 Å². The predicted octanol–water partition coefficient (Wildman–Crippen LogP) is 19.6. The molecule has 2 heteroatoms. The first-order valence-electron chi connectivity index (χ1n) is 27.4. The Balaban J connectivity index is 0.936. The molecule has 0 bridgehead atoms. The van der Waals surface area contributed by atoms with Gasteiger partial charge in [0, 0.05) is 27.2 Å². The zero-order chi connectivity index (χ0) is 50.7. The number of anilines is 3. The molecule has 1 heterocycles. The number of benzene rings is 11. The number of fused-ring (bicyclic) bond motifs is 12. The maximum absolute atomic E-state index is 2.60. The normalized spacial score (nSPS) is 15.4. The SMILES string of the molecule is c1ccc(C2(c3ccccc3)c3ccccc3-c3cc(N(c4ccc5c(c4)C4(CCCC4)c4cc(-c6ccc7sccc7c6)ccc4-5)c4ccc5c(c4)C(c4ccccc4)(c4ccccc4)c4ccccc4-5)ccc32)cc1. The summed E-state index contributed by atoms with van der Waals surface area (Å²) >= 11 is 1.82. The highest BCUT2D eigenvalue weighted by Gasteiger charge is 2.49. The third-order valence-electron chi connectivity index (χ3n) is 18.2. The van der Waals surface area contributed by atoms with Crippen LogP contribution in [0.4, 0.5) is 17.1 Å². The van der Waals surface area contributed by atoms with Gasteiger partial charge in [0.15, 0.2) is 0 Å². The lowest BCUT2D eigenvalue weighted by atomic mass is 9.67. The molecule has 0 amide bonds. The van der Waals surface area contributed by atoms with Crippen LogP contribution in [-0.4, -0.2) is 0 Å². The topological polar surface area (TPSA) is 3.24 Å². The molecule has 0 saturated heterocycles. The van der Waals surface area contributed by atoms with E-state index >= 15 is 0 Å². The Kier molecular flexibility index (Phi) is 9.88. The Morgan fingerprint density at radius 1 is 0.299 bits per heavy atom. The Bertz CT molecular complexity index is 4200. The lowest BCUT2D eigenvalue weighted by Gasteiger charge is -2.35. The fourth-order valence-corrected chi connectivity index (χ4v) is 15.8. The van der Waals surface area contributed by atoms with Gasteiger partial charge in [-0.05, 0) is 184 Å². The van der Waals surface area contributed by atoms with Crippen LogP contribution in [0.25, 0.3) is 54.6 Å². The lowest BCUT2D eigenvalue weighted by molar-refractivity contribution is 0.550. The summed E-state index contributed by atoms with van der Waals surface area (Å²) < 4.78 is 1.34.